The molecule has 3 aromatic rings. The van der Waals surface area contributed by atoms with Crippen LogP contribution in [0.2, 0.25) is 0 Å². The number of carbonyl (C=O) groups is 1. The molecule has 32 heavy (non-hydrogen) atoms. The van der Waals surface area contributed by atoms with Gasteiger partial charge in [-0.15, -0.1) is 10.2 Å². The van der Waals surface area contributed by atoms with E-state index >= 15 is 0 Å². The molecule has 0 spiro atoms. The van der Waals surface area contributed by atoms with Crippen molar-refractivity contribution in [1.82, 2.24) is 19.7 Å². The van der Waals surface area contributed by atoms with Crippen molar-refractivity contribution in [2.45, 2.75) is 31.2 Å². The number of rotatable bonds is 5. The lowest BCUT2D eigenvalue weighted by Crippen LogP contribution is -2.48. The monoisotopic (exact) mass is 452 g/mol. The molecular weight excluding hydrogens is 428 g/mol. The number of hydrogen-bond acceptors (Lipinski definition) is 7. The van der Waals surface area contributed by atoms with Crippen molar-refractivity contribution in [3.63, 3.8) is 0 Å². The van der Waals surface area contributed by atoms with Crippen LogP contribution in [0.1, 0.15) is 13.8 Å². The largest absolute Gasteiger partial charge is 0.454 e. The molecule has 2 atom stereocenters. The molecule has 1 saturated heterocycles. The van der Waals surface area contributed by atoms with Gasteiger partial charge in [0.15, 0.2) is 22.5 Å². The molecule has 0 unspecified atom stereocenters. The van der Waals surface area contributed by atoms with Crippen LogP contribution in [0.15, 0.2) is 53.7 Å². The Kier molecular flexibility index (Phi) is 5.75. The Labute approximate surface area is 190 Å². The molecule has 166 valence electrons. The number of para-hydroxylation sites is 1. The summed E-state index contributed by atoms with van der Waals surface area (Å²) in [6, 6.07) is 15.6. The highest BCUT2D eigenvalue weighted by Crippen LogP contribution is 2.37. The molecule has 5 rings (SSSR count). The van der Waals surface area contributed by atoms with Crippen LogP contribution >= 0.6 is 11.8 Å². The third kappa shape index (κ3) is 4.18. The number of carbonyl (C=O) groups excluding carboxylic acids is 1. The van der Waals surface area contributed by atoms with Gasteiger partial charge in [0.1, 0.15) is 0 Å². The van der Waals surface area contributed by atoms with E-state index in [-0.39, 0.29) is 30.7 Å². The maximum absolute atomic E-state index is 12.9. The molecule has 9 heteroatoms. The van der Waals surface area contributed by atoms with Crippen molar-refractivity contribution < 1.29 is 19.0 Å². The highest BCUT2D eigenvalue weighted by molar-refractivity contribution is 7.99. The molecule has 1 fully saturated rings. The first-order valence-electron chi connectivity index (χ1n) is 10.6. The zero-order valence-corrected chi connectivity index (χ0v) is 18.7. The van der Waals surface area contributed by atoms with Crippen LogP contribution in [-0.2, 0) is 9.53 Å². The third-order valence-electron chi connectivity index (χ3n) is 5.38. The highest BCUT2D eigenvalue weighted by atomic mass is 32.2. The van der Waals surface area contributed by atoms with Crippen LogP contribution in [0.25, 0.3) is 17.1 Å². The van der Waals surface area contributed by atoms with E-state index in [0.717, 1.165) is 11.3 Å². The quantitative estimate of drug-likeness (QED) is 0.549. The number of hydrogen-bond donors (Lipinski definition) is 0. The molecule has 2 aliphatic heterocycles. The van der Waals surface area contributed by atoms with Crippen LogP contribution < -0.4 is 9.47 Å². The fraction of sp³-hybridized carbons (Fsp3) is 0.348. The van der Waals surface area contributed by atoms with Crippen molar-refractivity contribution in [3.05, 3.63) is 48.5 Å². The van der Waals surface area contributed by atoms with E-state index in [2.05, 4.69) is 10.2 Å². The lowest BCUT2D eigenvalue weighted by atomic mass is 10.2. The van der Waals surface area contributed by atoms with Gasteiger partial charge in [-0.3, -0.25) is 9.36 Å². The fourth-order valence-corrected chi connectivity index (χ4v) is 4.85. The SMILES string of the molecule is C[C@@H]1CN(C(=O)CSc2nnc(-c3ccc4c(c3)OCO4)n2-c2ccccc2)C[C@H](C)O1. The minimum atomic E-state index is 0.0401. The number of benzene rings is 2. The summed E-state index contributed by atoms with van der Waals surface area (Å²) in [6.07, 6.45) is 0.0802. The molecule has 1 aromatic heterocycles. The van der Waals surface area contributed by atoms with Crippen LogP contribution in [0.5, 0.6) is 11.5 Å². The molecule has 0 saturated carbocycles. The number of morpholine rings is 1. The molecule has 1 amide bonds. The third-order valence-corrected chi connectivity index (χ3v) is 6.29. The van der Waals surface area contributed by atoms with E-state index < -0.39 is 0 Å². The van der Waals surface area contributed by atoms with Gasteiger partial charge in [0.2, 0.25) is 12.7 Å². The standard InChI is InChI=1S/C23H24N4O4S/c1-15-11-26(12-16(2)31-15)21(28)13-32-23-25-24-22(27(23)18-6-4-3-5-7-18)17-8-9-19-20(10-17)30-14-29-19/h3-10,15-16H,11-14H2,1-2H3/t15-,16+. The summed E-state index contributed by atoms with van der Waals surface area (Å²) in [5, 5.41) is 9.53. The normalized spacial score (nSPS) is 19.9. The maximum atomic E-state index is 12.9. The molecule has 0 bridgehead atoms. The van der Waals surface area contributed by atoms with Crippen molar-refractivity contribution in [3.8, 4) is 28.6 Å². The summed E-state index contributed by atoms with van der Waals surface area (Å²) in [5.74, 6) is 2.44. The molecule has 2 aliphatic rings. The topological polar surface area (TPSA) is 78.7 Å². The molecular formula is C23H24N4O4S. The summed E-state index contributed by atoms with van der Waals surface area (Å²) in [6.45, 7) is 5.42. The minimum absolute atomic E-state index is 0.0401. The van der Waals surface area contributed by atoms with Gasteiger partial charge < -0.3 is 19.1 Å². The van der Waals surface area contributed by atoms with Crippen molar-refractivity contribution in [1.29, 1.82) is 0 Å². The van der Waals surface area contributed by atoms with Crippen molar-refractivity contribution in [2.75, 3.05) is 25.6 Å². The predicted molar refractivity (Wildman–Crippen MR) is 120 cm³/mol. The number of thioether (sulfide) groups is 1. The Bertz CT molecular complexity index is 1110. The molecule has 8 nitrogen and oxygen atoms in total. The van der Waals surface area contributed by atoms with Crippen LogP contribution in [0, 0.1) is 0 Å². The van der Waals surface area contributed by atoms with Crippen LogP contribution in [0.3, 0.4) is 0 Å². The molecule has 0 radical (unpaired) electrons. The van der Waals surface area contributed by atoms with Crippen molar-refractivity contribution in [2.24, 2.45) is 0 Å². The Morgan fingerprint density at radius 3 is 2.56 bits per heavy atom. The van der Waals surface area contributed by atoms with E-state index in [4.69, 9.17) is 14.2 Å². The second-order valence-corrected chi connectivity index (χ2v) is 8.83. The average molecular weight is 453 g/mol. The minimum Gasteiger partial charge on any atom is -0.454 e. The fourth-order valence-electron chi connectivity index (χ4n) is 3.99. The molecule has 0 aliphatic carbocycles. The van der Waals surface area contributed by atoms with Gasteiger partial charge in [-0.25, -0.2) is 0 Å². The Morgan fingerprint density at radius 1 is 1.03 bits per heavy atom. The zero-order chi connectivity index (χ0) is 22.1. The average Bonchev–Trinajstić information content (AvgIpc) is 3.43. The molecule has 3 heterocycles. The second-order valence-electron chi connectivity index (χ2n) is 7.89. The molecule has 2 aromatic carbocycles. The summed E-state index contributed by atoms with van der Waals surface area (Å²) in [7, 11) is 0. The van der Waals surface area contributed by atoms with Crippen LogP contribution in [0.4, 0.5) is 0 Å². The van der Waals surface area contributed by atoms with Gasteiger partial charge in [0.05, 0.1) is 18.0 Å². The Hall–Kier alpha value is -3.04. The molecule has 0 N–H and O–H groups in total. The van der Waals surface area contributed by atoms with Gasteiger partial charge >= 0.3 is 0 Å². The second kappa shape index (κ2) is 8.84. The first kappa shape index (κ1) is 20.8. The van der Waals surface area contributed by atoms with E-state index in [1.165, 1.54) is 11.8 Å². The van der Waals surface area contributed by atoms with Gasteiger partial charge in [-0.2, -0.15) is 0 Å². The first-order chi connectivity index (χ1) is 15.6. The number of aromatic nitrogens is 3. The van der Waals surface area contributed by atoms with Gasteiger partial charge in [-0.05, 0) is 44.2 Å². The lowest BCUT2D eigenvalue weighted by molar-refractivity contribution is -0.140. The van der Waals surface area contributed by atoms with Gasteiger partial charge in [0, 0.05) is 24.3 Å². The zero-order valence-electron chi connectivity index (χ0n) is 17.9. The van der Waals surface area contributed by atoms with E-state index in [9.17, 15) is 4.79 Å². The summed E-state index contributed by atoms with van der Waals surface area (Å²) < 4.78 is 18.7. The van der Waals surface area contributed by atoms with E-state index in [0.29, 0.717) is 35.6 Å². The van der Waals surface area contributed by atoms with Gasteiger partial charge in [0.25, 0.3) is 0 Å². The predicted octanol–water partition coefficient (Wildman–Crippen LogP) is 3.39. The van der Waals surface area contributed by atoms with Gasteiger partial charge in [-0.1, -0.05) is 30.0 Å². The van der Waals surface area contributed by atoms with E-state index in [1.54, 1.807) is 0 Å². The summed E-state index contributed by atoms with van der Waals surface area (Å²) >= 11 is 1.39. The number of amides is 1. The maximum Gasteiger partial charge on any atom is 0.233 e. The summed E-state index contributed by atoms with van der Waals surface area (Å²) in [4.78, 5) is 14.7. The first-order valence-corrected chi connectivity index (χ1v) is 11.5. The smallest absolute Gasteiger partial charge is 0.233 e. The number of fused-ring (bicyclic) bond motifs is 1. The lowest BCUT2D eigenvalue weighted by Gasteiger charge is -2.35. The number of nitrogens with zero attached hydrogens (tertiary/aromatic N) is 4. The number of ether oxygens (including phenoxy) is 3. The van der Waals surface area contributed by atoms with E-state index in [1.807, 2.05) is 71.8 Å². The summed E-state index contributed by atoms with van der Waals surface area (Å²) in [5.41, 5.74) is 1.79. The Morgan fingerprint density at radius 2 is 1.78 bits per heavy atom. The van der Waals surface area contributed by atoms with Crippen LogP contribution in [-0.4, -0.2) is 63.4 Å². The van der Waals surface area contributed by atoms with Crippen molar-refractivity contribution >= 4 is 17.7 Å². The Balaban J connectivity index is 1.42. The highest BCUT2D eigenvalue weighted by Gasteiger charge is 2.27.